The zero-order valence-electron chi connectivity index (χ0n) is 10.6. The first-order valence-corrected chi connectivity index (χ1v) is 6.84. The summed E-state index contributed by atoms with van der Waals surface area (Å²) in [4.78, 5) is 11.9. The Labute approximate surface area is 129 Å². The highest BCUT2D eigenvalue weighted by atomic mass is 127. The van der Waals surface area contributed by atoms with E-state index < -0.39 is 6.03 Å². The van der Waals surface area contributed by atoms with E-state index in [0.717, 1.165) is 0 Å². The lowest BCUT2D eigenvalue weighted by Gasteiger charge is -2.11. The van der Waals surface area contributed by atoms with Crippen molar-refractivity contribution in [1.82, 2.24) is 0 Å². The maximum Gasteiger partial charge on any atom is 0.323 e. The number of ether oxygens (including phenoxy) is 1. The van der Waals surface area contributed by atoms with E-state index in [0.29, 0.717) is 20.7 Å². The second-order valence-electron chi connectivity index (χ2n) is 3.90. The van der Waals surface area contributed by atoms with Gasteiger partial charge in [-0.15, -0.1) is 0 Å². The summed E-state index contributed by atoms with van der Waals surface area (Å²) in [6.07, 6.45) is 0. The minimum absolute atomic E-state index is 0.343. The molecular weight excluding hydrogens is 374 g/mol. The van der Waals surface area contributed by atoms with Gasteiger partial charge in [-0.3, -0.25) is 0 Å². The molecule has 2 N–H and O–H groups in total. The van der Waals surface area contributed by atoms with Crippen molar-refractivity contribution >= 4 is 40.0 Å². The Hall–Kier alpha value is -1.83. The highest BCUT2D eigenvalue weighted by molar-refractivity contribution is 14.1. The number of methoxy groups -OCH3 is 1. The highest BCUT2D eigenvalue weighted by Crippen LogP contribution is 2.24. The molecule has 0 aliphatic heterocycles. The van der Waals surface area contributed by atoms with Gasteiger partial charge in [-0.2, -0.15) is 0 Å². The molecule has 0 saturated heterocycles. The lowest BCUT2D eigenvalue weighted by Crippen LogP contribution is -2.20. The number of rotatable bonds is 3. The summed E-state index contributed by atoms with van der Waals surface area (Å²) in [6.45, 7) is 0. The van der Waals surface area contributed by atoms with Crippen molar-refractivity contribution in [3.63, 3.8) is 0 Å². The van der Waals surface area contributed by atoms with Crippen LogP contribution >= 0.6 is 22.6 Å². The van der Waals surface area contributed by atoms with Crippen LogP contribution in [-0.2, 0) is 0 Å². The lowest BCUT2D eigenvalue weighted by molar-refractivity contribution is 0.262. The molecule has 0 atom stereocenters. The average molecular weight is 386 g/mol. The summed E-state index contributed by atoms with van der Waals surface area (Å²) < 4.78 is 18.7. The molecule has 2 amide bonds. The smallest absolute Gasteiger partial charge is 0.323 e. The Morgan fingerprint density at radius 1 is 1.15 bits per heavy atom. The predicted molar refractivity (Wildman–Crippen MR) is 84.8 cm³/mol. The fourth-order valence-electron chi connectivity index (χ4n) is 1.61. The number of carbonyl (C=O) groups is 1. The number of hydrogen-bond acceptors (Lipinski definition) is 2. The molecule has 0 unspecified atom stereocenters. The number of para-hydroxylation sites is 2. The molecule has 0 bridgehead atoms. The van der Waals surface area contributed by atoms with Crippen LogP contribution in [0.15, 0.2) is 42.5 Å². The summed E-state index contributed by atoms with van der Waals surface area (Å²) in [7, 11) is 1.53. The Balaban J connectivity index is 2.09. The third-order valence-electron chi connectivity index (χ3n) is 2.53. The highest BCUT2D eigenvalue weighted by Gasteiger charge is 2.09. The van der Waals surface area contributed by atoms with Crippen LogP contribution in [0.1, 0.15) is 0 Å². The largest absolute Gasteiger partial charge is 0.495 e. The molecule has 4 nitrogen and oxygen atoms in total. The molecule has 2 aromatic rings. The Kier molecular flexibility index (Phi) is 4.78. The van der Waals surface area contributed by atoms with Gasteiger partial charge in [0.1, 0.15) is 11.6 Å². The number of halogens is 2. The molecule has 2 rings (SSSR count). The molecule has 0 spiro atoms. The molecular formula is C14H12FIN2O2. The molecule has 104 valence electrons. The number of amides is 2. The molecule has 0 heterocycles. The minimum Gasteiger partial charge on any atom is -0.495 e. The van der Waals surface area contributed by atoms with Crippen LogP contribution < -0.4 is 15.4 Å². The van der Waals surface area contributed by atoms with Crippen molar-refractivity contribution in [2.24, 2.45) is 0 Å². The molecule has 0 radical (unpaired) electrons. The van der Waals surface area contributed by atoms with E-state index in [1.807, 2.05) is 28.7 Å². The van der Waals surface area contributed by atoms with Gasteiger partial charge in [-0.05, 0) is 52.9 Å². The molecule has 20 heavy (non-hydrogen) atoms. The zero-order chi connectivity index (χ0) is 14.5. The maximum absolute atomic E-state index is 13.0. The number of benzene rings is 2. The third-order valence-corrected chi connectivity index (χ3v) is 3.43. The van der Waals surface area contributed by atoms with Gasteiger partial charge in [0, 0.05) is 3.57 Å². The van der Waals surface area contributed by atoms with Crippen molar-refractivity contribution in [2.75, 3.05) is 17.7 Å². The monoisotopic (exact) mass is 386 g/mol. The van der Waals surface area contributed by atoms with Gasteiger partial charge in [-0.1, -0.05) is 12.1 Å². The standard InChI is InChI=1S/C14H12FIN2O2/c1-20-13-5-3-2-4-12(13)18-14(19)17-11-7-6-9(15)8-10(11)16/h2-8H,1H3,(H2,17,18,19). The second-order valence-corrected chi connectivity index (χ2v) is 5.07. The SMILES string of the molecule is COc1ccccc1NC(=O)Nc1ccc(F)cc1I. The predicted octanol–water partition coefficient (Wildman–Crippen LogP) is 4.08. The van der Waals surface area contributed by atoms with Gasteiger partial charge in [0.2, 0.25) is 0 Å². The summed E-state index contributed by atoms with van der Waals surface area (Å²) in [5.74, 6) is 0.224. The number of carbonyl (C=O) groups excluding carboxylic acids is 1. The van der Waals surface area contributed by atoms with E-state index in [1.165, 1.54) is 25.3 Å². The molecule has 0 fully saturated rings. The Morgan fingerprint density at radius 3 is 2.55 bits per heavy atom. The van der Waals surface area contributed by atoms with Crippen molar-refractivity contribution in [3.05, 3.63) is 51.9 Å². The fraction of sp³-hybridized carbons (Fsp3) is 0.0714. The van der Waals surface area contributed by atoms with E-state index in [4.69, 9.17) is 4.74 Å². The maximum atomic E-state index is 13.0. The summed E-state index contributed by atoms with van der Waals surface area (Å²) in [5, 5.41) is 5.34. The van der Waals surface area contributed by atoms with E-state index in [-0.39, 0.29) is 5.82 Å². The van der Waals surface area contributed by atoms with Crippen LogP contribution in [0.3, 0.4) is 0 Å². The number of nitrogens with one attached hydrogen (secondary N) is 2. The summed E-state index contributed by atoms with van der Waals surface area (Å²) >= 11 is 1.96. The quantitative estimate of drug-likeness (QED) is 0.782. The van der Waals surface area contributed by atoms with Crippen LogP contribution in [0, 0.1) is 9.39 Å². The Bertz CT molecular complexity index is 634. The van der Waals surface area contributed by atoms with E-state index in [1.54, 1.807) is 18.2 Å². The van der Waals surface area contributed by atoms with E-state index in [9.17, 15) is 9.18 Å². The normalized spacial score (nSPS) is 9.95. The first kappa shape index (κ1) is 14.6. The van der Waals surface area contributed by atoms with Crippen LogP contribution in [0.2, 0.25) is 0 Å². The molecule has 0 aliphatic carbocycles. The van der Waals surface area contributed by atoms with Gasteiger partial charge in [0.25, 0.3) is 0 Å². The second kappa shape index (κ2) is 6.56. The van der Waals surface area contributed by atoms with Crippen LogP contribution in [-0.4, -0.2) is 13.1 Å². The van der Waals surface area contributed by atoms with Gasteiger partial charge >= 0.3 is 6.03 Å². The van der Waals surface area contributed by atoms with Crippen molar-refractivity contribution in [3.8, 4) is 5.75 Å². The third kappa shape index (κ3) is 3.60. The van der Waals surface area contributed by atoms with Gasteiger partial charge in [-0.25, -0.2) is 9.18 Å². The van der Waals surface area contributed by atoms with Crippen LogP contribution in [0.25, 0.3) is 0 Å². The molecule has 6 heteroatoms. The van der Waals surface area contributed by atoms with E-state index >= 15 is 0 Å². The zero-order valence-corrected chi connectivity index (χ0v) is 12.8. The van der Waals surface area contributed by atoms with Gasteiger partial charge in [0.05, 0.1) is 18.5 Å². The lowest BCUT2D eigenvalue weighted by atomic mass is 10.3. The summed E-state index contributed by atoms with van der Waals surface area (Å²) in [5.41, 5.74) is 1.10. The molecule has 0 aliphatic rings. The first-order valence-electron chi connectivity index (χ1n) is 5.76. The summed E-state index contributed by atoms with van der Waals surface area (Å²) in [6, 6.07) is 10.8. The fourth-order valence-corrected chi connectivity index (χ4v) is 2.23. The van der Waals surface area contributed by atoms with Crippen LogP contribution in [0.4, 0.5) is 20.6 Å². The number of anilines is 2. The van der Waals surface area contributed by atoms with Crippen LogP contribution in [0.5, 0.6) is 5.75 Å². The molecule has 2 aromatic carbocycles. The van der Waals surface area contributed by atoms with E-state index in [2.05, 4.69) is 10.6 Å². The number of urea groups is 1. The average Bonchev–Trinajstić information content (AvgIpc) is 2.42. The van der Waals surface area contributed by atoms with Gasteiger partial charge < -0.3 is 15.4 Å². The first-order chi connectivity index (χ1) is 9.60. The topological polar surface area (TPSA) is 50.4 Å². The van der Waals surface area contributed by atoms with Crippen molar-refractivity contribution in [1.29, 1.82) is 0 Å². The number of hydrogen-bond donors (Lipinski definition) is 2. The molecule has 0 saturated carbocycles. The minimum atomic E-state index is -0.418. The van der Waals surface area contributed by atoms with Crippen molar-refractivity contribution in [2.45, 2.75) is 0 Å². The molecule has 0 aromatic heterocycles. The van der Waals surface area contributed by atoms with Crippen molar-refractivity contribution < 1.29 is 13.9 Å². The van der Waals surface area contributed by atoms with Gasteiger partial charge in [0.15, 0.2) is 0 Å². The Morgan fingerprint density at radius 2 is 1.85 bits per heavy atom.